The second-order valence-corrected chi connectivity index (χ2v) is 8.26. The first-order chi connectivity index (χ1) is 12.9. The molecule has 1 heterocycles. The highest BCUT2D eigenvalue weighted by molar-refractivity contribution is 7.91. The van der Waals surface area contributed by atoms with Crippen LogP contribution in [0.25, 0.3) is 10.9 Å². The van der Waals surface area contributed by atoms with E-state index in [9.17, 15) is 8.42 Å². The number of nitrogens with zero attached hydrogens (tertiary/aromatic N) is 2. The molecule has 0 saturated carbocycles. The molecular formula is C21H24N2O3S. The number of methoxy groups -OCH3 is 1. The molecule has 3 rings (SSSR count). The third kappa shape index (κ3) is 3.49. The number of hydrogen-bond acceptors (Lipinski definition) is 5. The van der Waals surface area contributed by atoms with Crippen LogP contribution in [0, 0.1) is 6.92 Å². The van der Waals surface area contributed by atoms with Crippen molar-refractivity contribution in [2.45, 2.75) is 30.6 Å². The van der Waals surface area contributed by atoms with Gasteiger partial charge in [0.05, 0.1) is 23.2 Å². The lowest BCUT2D eigenvalue weighted by atomic mass is 10.1. The van der Waals surface area contributed by atoms with Crippen molar-refractivity contribution in [3.63, 3.8) is 0 Å². The average molecular weight is 385 g/mol. The number of benzene rings is 2. The molecule has 1 aromatic heterocycles. The molecule has 0 aliphatic rings. The van der Waals surface area contributed by atoms with E-state index in [0.29, 0.717) is 24.5 Å². The van der Waals surface area contributed by atoms with Gasteiger partial charge in [0.1, 0.15) is 10.6 Å². The van der Waals surface area contributed by atoms with Gasteiger partial charge in [0.2, 0.25) is 9.84 Å². The number of aromatic nitrogens is 1. The monoisotopic (exact) mass is 384 g/mol. The Bertz CT molecular complexity index is 1060. The van der Waals surface area contributed by atoms with E-state index >= 15 is 0 Å². The Balaban J connectivity index is 2.34. The lowest BCUT2D eigenvalue weighted by molar-refractivity contribution is 0.415. The van der Waals surface area contributed by atoms with Crippen LogP contribution in [0.3, 0.4) is 0 Å². The van der Waals surface area contributed by atoms with Crippen LogP contribution >= 0.6 is 0 Å². The molecule has 0 radical (unpaired) electrons. The van der Waals surface area contributed by atoms with Crippen molar-refractivity contribution in [3.05, 3.63) is 54.2 Å². The van der Waals surface area contributed by atoms with Crippen molar-refractivity contribution in [2.75, 3.05) is 25.1 Å². The van der Waals surface area contributed by atoms with E-state index in [2.05, 4.69) is 4.98 Å². The number of ether oxygens (including phenoxy) is 1. The Morgan fingerprint density at radius 3 is 2.30 bits per heavy atom. The zero-order valence-corrected chi connectivity index (χ0v) is 16.9. The fourth-order valence-electron chi connectivity index (χ4n) is 3.17. The lowest BCUT2D eigenvalue weighted by Crippen LogP contribution is -2.24. The summed E-state index contributed by atoms with van der Waals surface area (Å²) in [5.41, 5.74) is 2.42. The zero-order chi connectivity index (χ0) is 19.6. The number of rotatable bonds is 6. The SMILES string of the molecule is CCN(CC)c1c(S(=O)(=O)c2ccc(C)cc2)cnc2ccc(OC)cc12. The summed E-state index contributed by atoms with van der Waals surface area (Å²) in [6.07, 6.45) is 1.47. The van der Waals surface area contributed by atoms with E-state index in [0.717, 1.165) is 16.5 Å². The predicted octanol–water partition coefficient (Wildman–Crippen LogP) is 4.23. The van der Waals surface area contributed by atoms with Gasteiger partial charge in [-0.05, 0) is 51.1 Å². The second kappa shape index (κ2) is 7.56. The van der Waals surface area contributed by atoms with Crippen LogP contribution in [-0.2, 0) is 9.84 Å². The van der Waals surface area contributed by atoms with Gasteiger partial charge >= 0.3 is 0 Å². The highest BCUT2D eigenvalue weighted by Gasteiger charge is 2.26. The molecule has 0 aliphatic carbocycles. The molecule has 6 heteroatoms. The van der Waals surface area contributed by atoms with Crippen LogP contribution in [-0.4, -0.2) is 33.6 Å². The van der Waals surface area contributed by atoms with Crippen molar-refractivity contribution in [1.29, 1.82) is 0 Å². The van der Waals surface area contributed by atoms with Gasteiger partial charge in [0.25, 0.3) is 0 Å². The van der Waals surface area contributed by atoms with Crippen molar-refractivity contribution in [2.24, 2.45) is 0 Å². The maximum Gasteiger partial charge on any atom is 0.210 e. The smallest absolute Gasteiger partial charge is 0.210 e. The summed E-state index contributed by atoms with van der Waals surface area (Å²) in [4.78, 5) is 6.95. The van der Waals surface area contributed by atoms with Gasteiger partial charge < -0.3 is 9.64 Å². The largest absolute Gasteiger partial charge is 0.497 e. The molecular weight excluding hydrogens is 360 g/mol. The summed E-state index contributed by atoms with van der Waals surface area (Å²) < 4.78 is 32.2. The Morgan fingerprint density at radius 2 is 1.70 bits per heavy atom. The molecule has 3 aromatic rings. The molecule has 2 aromatic carbocycles. The van der Waals surface area contributed by atoms with E-state index in [1.54, 1.807) is 19.2 Å². The van der Waals surface area contributed by atoms with Crippen LogP contribution in [0.1, 0.15) is 19.4 Å². The highest BCUT2D eigenvalue weighted by atomic mass is 32.2. The van der Waals surface area contributed by atoms with Gasteiger partial charge in [0, 0.05) is 24.7 Å². The summed E-state index contributed by atoms with van der Waals surface area (Å²) in [7, 11) is -2.11. The summed E-state index contributed by atoms with van der Waals surface area (Å²) in [5.74, 6) is 0.669. The third-order valence-corrected chi connectivity index (χ3v) is 6.48. The van der Waals surface area contributed by atoms with E-state index in [4.69, 9.17) is 4.74 Å². The number of anilines is 1. The molecule has 0 aliphatic heterocycles. The molecule has 5 nitrogen and oxygen atoms in total. The summed E-state index contributed by atoms with van der Waals surface area (Å²) in [6, 6.07) is 12.4. The number of fused-ring (bicyclic) bond motifs is 1. The molecule has 0 spiro atoms. The van der Waals surface area contributed by atoms with Gasteiger partial charge in [0.15, 0.2) is 0 Å². The lowest BCUT2D eigenvalue weighted by Gasteiger charge is -2.25. The normalized spacial score (nSPS) is 11.6. The minimum absolute atomic E-state index is 0.218. The van der Waals surface area contributed by atoms with Crippen LogP contribution in [0.4, 0.5) is 5.69 Å². The summed E-state index contributed by atoms with van der Waals surface area (Å²) in [6.45, 7) is 7.32. The van der Waals surface area contributed by atoms with Gasteiger partial charge in [-0.15, -0.1) is 0 Å². The first kappa shape index (κ1) is 19.2. The van der Waals surface area contributed by atoms with Crippen molar-refractivity contribution in [3.8, 4) is 5.75 Å². The van der Waals surface area contributed by atoms with E-state index < -0.39 is 9.84 Å². The minimum atomic E-state index is -3.71. The molecule has 0 bridgehead atoms. The van der Waals surface area contributed by atoms with Crippen LogP contribution in [0.2, 0.25) is 0 Å². The van der Waals surface area contributed by atoms with Gasteiger partial charge in [-0.3, -0.25) is 4.98 Å². The Kier molecular flexibility index (Phi) is 5.37. The quantitative estimate of drug-likeness (QED) is 0.636. The molecule has 142 valence electrons. The molecule has 0 fully saturated rings. The molecule has 27 heavy (non-hydrogen) atoms. The third-order valence-electron chi connectivity index (χ3n) is 4.71. The maximum absolute atomic E-state index is 13.4. The van der Waals surface area contributed by atoms with Gasteiger partial charge in [-0.1, -0.05) is 17.7 Å². The van der Waals surface area contributed by atoms with Crippen LogP contribution < -0.4 is 9.64 Å². The second-order valence-electron chi connectivity index (χ2n) is 6.34. The molecule has 0 saturated heterocycles. The first-order valence-electron chi connectivity index (χ1n) is 8.95. The highest BCUT2D eigenvalue weighted by Crippen LogP contribution is 2.37. The number of pyridine rings is 1. The minimum Gasteiger partial charge on any atom is -0.497 e. The Labute approximate surface area is 160 Å². The maximum atomic E-state index is 13.4. The Hall–Kier alpha value is -2.60. The topological polar surface area (TPSA) is 59.5 Å². The van der Waals surface area contributed by atoms with Gasteiger partial charge in [-0.25, -0.2) is 8.42 Å². The summed E-state index contributed by atoms with van der Waals surface area (Å²) in [5, 5.41) is 0.770. The average Bonchev–Trinajstić information content (AvgIpc) is 2.68. The van der Waals surface area contributed by atoms with E-state index in [-0.39, 0.29) is 9.79 Å². The van der Waals surface area contributed by atoms with E-state index in [1.165, 1.54) is 6.20 Å². The zero-order valence-electron chi connectivity index (χ0n) is 16.1. The summed E-state index contributed by atoms with van der Waals surface area (Å²) >= 11 is 0. The first-order valence-corrected chi connectivity index (χ1v) is 10.4. The number of sulfone groups is 1. The van der Waals surface area contributed by atoms with Crippen molar-refractivity contribution in [1.82, 2.24) is 4.98 Å². The fraction of sp³-hybridized carbons (Fsp3) is 0.286. The predicted molar refractivity (Wildman–Crippen MR) is 108 cm³/mol. The van der Waals surface area contributed by atoms with Gasteiger partial charge in [-0.2, -0.15) is 0 Å². The van der Waals surface area contributed by atoms with Crippen LogP contribution in [0.15, 0.2) is 58.5 Å². The molecule has 0 unspecified atom stereocenters. The molecule has 0 amide bonds. The van der Waals surface area contributed by atoms with Crippen LogP contribution in [0.5, 0.6) is 5.75 Å². The number of hydrogen-bond donors (Lipinski definition) is 0. The fourth-order valence-corrected chi connectivity index (χ4v) is 4.61. The van der Waals surface area contributed by atoms with Crippen molar-refractivity contribution < 1.29 is 13.2 Å². The molecule has 0 N–H and O–H groups in total. The molecule has 0 atom stereocenters. The van der Waals surface area contributed by atoms with Crippen molar-refractivity contribution >= 4 is 26.4 Å². The van der Waals surface area contributed by atoms with E-state index in [1.807, 2.05) is 56.0 Å². The standard InChI is InChI=1S/C21H24N2O3S/c1-5-23(6-2)21-18-13-16(26-4)9-12-19(18)22-14-20(21)27(24,25)17-10-7-15(3)8-11-17/h7-14H,5-6H2,1-4H3. The Morgan fingerprint density at radius 1 is 1.04 bits per heavy atom. The number of aryl methyl sites for hydroxylation is 1.